The van der Waals surface area contributed by atoms with Crippen LogP contribution in [0, 0.1) is 0 Å². The van der Waals surface area contributed by atoms with Crippen molar-refractivity contribution in [2.24, 2.45) is 0 Å². The van der Waals surface area contributed by atoms with Gasteiger partial charge in [0.25, 0.3) is 0 Å². The summed E-state index contributed by atoms with van der Waals surface area (Å²) in [7, 11) is -4.98. The summed E-state index contributed by atoms with van der Waals surface area (Å²) >= 11 is 0. The standard InChI is InChI=1S/C2H4F3O4P.Na.H/c3-2(4,5)1-9-10(6,7)8;;/h1H2,(H2,6,7,8);;. The van der Waals surface area contributed by atoms with E-state index in [0.717, 1.165) is 0 Å². The van der Waals surface area contributed by atoms with E-state index >= 15 is 0 Å². The van der Waals surface area contributed by atoms with Crippen molar-refractivity contribution in [1.29, 1.82) is 0 Å². The van der Waals surface area contributed by atoms with E-state index < -0.39 is 20.6 Å². The molecule has 0 unspecified atom stereocenters. The predicted molar refractivity (Wildman–Crippen MR) is 31.2 cm³/mol. The molecule has 4 nitrogen and oxygen atoms in total. The van der Waals surface area contributed by atoms with Gasteiger partial charge in [-0.25, -0.2) is 4.57 Å². The van der Waals surface area contributed by atoms with E-state index in [9.17, 15) is 17.7 Å². The van der Waals surface area contributed by atoms with Crippen LogP contribution in [0.4, 0.5) is 13.2 Å². The van der Waals surface area contributed by atoms with E-state index in [1.807, 2.05) is 0 Å². The first-order chi connectivity index (χ1) is 4.21. The van der Waals surface area contributed by atoms with Crippen molar-refractivity contribution in [3.63, 3.8) is 0 Å². The molecule has 0 radical (unpaired) electrons. The molecular weight excluding hydrogens is 199 g/mol. The molecule has 0 saturated heterocycles. The number of rotatable bonds is 2. The van der Waals surface area contributed by atoms with E-state index in [4.69, 9.17) is 9.79 Å². The Morgan fingerprint density at radius 2 is 1.73 bits per heavy atom. The van der Waals surface area contributed by atoms with Crippen molar-refractivity contribution < 1.29 is 32.0 Å². The van der Waals surface area contributed by atoms with Crippen LogP contribution in [0.15, 0.2) is 0 Å². The molecule has 0 aliphatic rings. The number of phosphoric acid groups is 1. The van der Waals surface area contributed by atoms with Crippen LogP contribution < -0.4 is 0 Å². The number of hydrogen-bond acceptors (Lipinski definition) is 2. The quantitative estimate of drug-likeness (QED) is 0.491. The van der Waals surface area contributed by atoms with Gasteiger partial charge in [0, 0.05) is 0 Å². The van der Waals surface area contributed by atoms with Gasteiger partial charge in [0.2, 0.25) is 0 Å². The summed E-state index contributed by atoms with van der Waals surface area (Å²) in [6.07, 6.45) is -4.71. The van der Waals surface area contributed by atoms with Crippen LogP contribution in [0.2, 0.25) is 0 Å². The van der Waals surface area contributed by atoms with Crippen molar-refractivity contribution >= 4 is 37.4 Å². The van der Waals surface area contributed by atoms with Crippen LogP contribution in [0.5, 0.6) is 0 Å². The molecule has 0 aliphatic heterocycles. The molecule has 0 aromatic heterocycles. The van der Waals surface area contributed by atoms with Gasteiger partial charge in [0.15, 0.2) is 6.61 Å². The fraction of sp³-hybridized carbons (Fsp3) is 1.00. The SMILES string of the molecule is O=P(O)(O)OCC(F)(F)F.[NaH]. The minimum atomic E-state index is -4.98. The Labute approximate surface area is 82.3 Å². The van der Waals surface area contributed by atoms with Crippen molar-refractivity contribution in [3.05, 3.63) is 0 Å². The van der Waals surface area contributed by atoms with Crippen LogP contribution in [0.25, 0.3) is 0 Å². The Kier molecular flexibility index (Phi) is 6.31. The molecule has 2 N–H and O–H groups in total. The van der Waals surface area contributed by atoms with Gasteiger partial charge < -0.3 is 9.79 Å². The zero-order valence-electron chi connectivity index (χ0n) is 4.50. The van der Waals surface area contributed by atoms with Gasteiger partial charge in [-0.3, -0.25) is 4.52 Å². The number of halogens is 3. The second-order valence-electron chi connectivity index (χ2n) is 1.38. The van der Waals surface area contributed by atoms with Crippen molar-refractivity contribution in [2.45, 2.75) is 6.18 Å². The molecule has 0 bridgehead atoms. The molecule has 0 rings (SSSR count). The Morgan fingerprint density at radius 1 is 1.36 bits per heavy atom. The predicted octanol–water partition coefficient (Wildman–Crippen LogP) is 0.00950. The zero-order chi connectivity index (χ0) is 8.41. The molecule has 9 heteroatoms. The molecule has 0 aromatic rings. The van der Waals surface area contributed by atoms with E-state index in [0.29, 0.717) is 0 Å². The second-order valence-corrected chi connectivity index (χ2v) is 2.62. The minimum absolute atomic E-state index is 0. The molecular formula is C2H5F3NaO4P. The summed E-state index contributed by atoms with van der Waals surface area (Å²) in [6.45, 7) is -1.93. The summed E-state index contributed by atoms with van der Waals surface area (Å²) < 4.78 is 46.1. The monoisotopic (exact) mass is 204 g/mol. The molecule has 11 heavy (non-hydrogen) atoms. The van der Waals surface area contributed by atoms with Gasteiger partial charge in [-0.05, 0) is 0 Å². The summed E-state index contributed by atoms with van der Waals surface area (Å²) in [4.78, 5) is 15.5. The molecule has 64 valence electrons. The van der Waals surface area contributed by atoms with E-state index in [2.05, 4.69) is 4.52 Å². The third-order valence-corrected chi connectivity index (χ3v) is 0.862. The average Bonchev–Trinajstić information content (AvgIpc) is 1.57. The number of hydrogen-bond donors (Lipinski definition) is 2. The van der Waals surface area contributed by atoms with Crippen LogP contribution in [-0.2, 0) is 9.09 Å². The summed E-state index contributed by atoms with van der Waals surface area (Å²) in [5, 5.41) is 0. The van der Waals surface area contributed by atoms with E-state index in [1.165, 1.54) is 0 Å². The third-order valence-electron chi connectivity index (χ3n) is 0.396. The summed E-state index contributed by atoms with van der Waals surface area (Å²) in [5.74, 6) is 0. The molecule has 0 spiro atoms. The Morgan fingerprint density at radius 3 is 1.82 bits per heavy atom. The van der Waals surface area contributed by atoms with E-state index in [1.54, 1.807) is 0 Å². The van der Waals surface area contributed by atoms with E-state index in [-0.39, 0.29) is 29.6 Å². The first-order valence-corrected chi connectivity index (χ1v) is 3.50. The Hall–Kier alpha value is 0.900. The number of alkyl halides is 3. The van der Waals surface area contributed by atoms with Crippen molar-refractivity contribution in [2.75, 3.05) is 6.61 Å². The van der Waals surface area contributed by atoms with Crippen LogP contribution >= 0.6 is 7.82 Å². The van der Waals surface area contributed by atoms with Gasteiger partial charge in [-0.1, -0.05) is 0 Å². The van der Waals surface area contributed by atoms with Gasteiger partial charge in [-0.2, -0.15) is 13.2 Å². The molecule has 0 saturated carbocycles. The molecule has 0 aliphatic carbocycles. The normalized spacial score (nSPS) is 12.5. The van der Waals surface area contributed by atoms with Gasteiger partial charge in [0.05, 0.1) is 0 Å². The summed E-state index contributed by atoms with van der Waals surface area (Å²) in [5.41, 5.74) is 0. The summed E-state index contributed by atoms with van der Waals surface area (Å²) in [6, 6.07) is 0. The fourth-order valence-electron chi connectivity index (χ4n) is 0.157. The van der Waals surface area contributed by atoms with Crippen LogP contribution in [-0.4, -0.2) is 52.1 Å². The molecule has 0 amide bonds. The maximum absolute atomic E-state index is 11.1. The molecule has 0 heterocycles. The molecule has 0 aromatic carbocycles. The first-order valence-electron chi connectivity index (χ1n) is 1.97. The van der Waals surface area contributed by atoms with Crippen molar-refractivity contribution in [1.82, 2.24) is 0 Å². The van der Waals surface area contributed by atoms with Gasteiger partial charge in [0.1, 0.15) is 0 Å². The van der Waals surface area contributed by atoms with Gasteiger partial charge in [-0.15, -0.1) is 0 Å². The molecule has 0 fully saturated rings. The van der Waals surface area contributed by atoms with Crippen molar-refractivity contribution in [3.8, 4) is 0 Å². The third kappa shape index (κ3) is 13.8. The Bertz CT molecular complexity index is 152. The molecule has 0 atom stereocenters. The second kappa shape index (κ2) is 4.81. The first kappa shape index (κ1) is 14.4. The topological polar surface area (TPSA) is 66.8 Å². The maximum atomic E-state index is 11.1. The van der Waals surface area contributed by atoms with Gasteiger partial charge >= 0.3 is 43.6 Å². The average molecular weight is 204 g/mol. The Balaban J connectivity index is 0. The number of phosphoric ester groups is 1. The zero-order valence-corrected chi connectivity index (χ0v) is 5.39. The fourth-order valence-corrected chi connectivity index (χ4v) is 0.472. The van der Waals surface area contributed by atoms with Crippen LogP contribution in [0.1, 0.15) is 0 Å². The van der Waals surface area contributed by atoms with Crippen LogP contribution in [0.3, 0.4) is 0 Å².